The highest BCUT2D eigenvalue weighted by Crippen LogP contribution is 2.33. The predicted molar refractivity (Wildman–Crippen MR) is 92.7 cm³/mol. The van der Waals surface area contributed by atoms with Gasteiger partial charge in [0.25, 0.3) is 0 Å². The Kier molecular flexibility index (Phi) is 5.21. The summed E-state index contributed by atoms with van der Waals surface area (Å²) in [6.07, 6.45) is 0. The Morgan fingerprint density at radius 1 is 1.36 bits per heavy atom. The maximum absolute atomic E-state index is 11.3. The molecule has 8 nitrogen and oxygen atoms in total. The summed E-state index contributed by atoms with van der Waals surface area (Å²) in [4.78, 5) is 26.2. The Labute approximate surface area is 144 Å². The number of methoxy groups -OCH3 is 1. The van der Waals surface area contributed by atoms with Crippen molar-refractivity contribution in [2.45, 2.75) is 26.7 Å². The van der Waals surface area contributed by atoms with Crippen molar-refractivity contribution in [1.29, 1.82) is 0 Å². The molecule has 1 aromatic heterocycles. The first kappa shape index (κ1) is 18.2. The third kappa shape index (κ3) is 3.85. The van der Waals surface area contributed by atoms with Crippen LogP contribution in [0.1, 0.15) is 29.7 Å². The molecular formula is C17H19N3O5. The summed E-state index contributed by atoms with van der Waals surface area (Å²) in [5.74, 6) is -1.20. The average molecular weight is 345 g/mol. The second kappa shape index (κ2) is 7.16. The maximum Gasteiger partial charge on any atom is 0.314 e. The van der Waals surface area contributed by atoms with E-state index in [0.29, 0.717) is 28.3 Å². The summed E-state index contributed by atoms with van der Waals surface area (Å²) in [6.45, 7) is 4.96. The van der Waals surface area contributed by atoms with Crippen molar-refractivity contribution in [3.63, 3.8) is 0 Å². The number of nitrogens with one attached hydrogen (secondary N) is 1. The fraction of sp³-hybridized carbons (Fsp3) is 0.294. The van der Waals surface area contributed by atoms with Gasteiger partial charge in [0, 0.05) is 28.6 Å². The molecule has 2 N–H and O–H groups in total. The molecule has 0 amide bonds. The number of carboxylic acid groups (broad SMARTS) is 1. The number of nitro groups is 1. The van der Waals surface area contributed by atoms with Gasteiger partial charge in [-0.1, -0.05) is 6.07 Å². The Morgan fingerprint density at radius 3 is 2.60 bits per heavy atom. The molecule has 0 spiro atoms. The number of aromatic nitrogens is 1. The SMILES string of the molecule is COc1cc(Nc2nc(C)cc(C)c2[N+](=O)[O-])ccc1C(C)C(=O)O. The molecule has 8 heteroatoms. The lowest BCUT2D eigenvalue weighted by Gasteiger charge is -2.15. The molecule has 2 rings (SSSR count). The summed E-state index contributed by atoms with van der Waals surface area (Å²) in [7, 11) is 1.44. The third-order valence-corrected chi connectivity index (χ3v) is 3.83. The van der Waals surface area contributed by atoms with Crippen molar-refractivity contribution >= 4 is 23.2 Å². The van der Waals surface area contributed by atoms with Crippen LogP contribution in [0.15, 0.2) is 24.3 Å². The van der Waals surface area contributed by atoms with E-state index in [4.69, 9.17) is 9.84 Å². The van der Waals surface area contributed by atoms with Crippen LogP contribution in [0.2, 0.25) is 0 Å². The van der Waals surface area contributed by atoms with E-state index in [1.165, 1.54) is 7.11 Å². The lowest BCUT2D eigenvalue weighted by molar-refractivity contribution is -0.384. The van der Waals surface area contributed by atoms with Crippen molar-refractivity contribution in [3.8, 4) is 5.75 Å². The normalized spacial score (nSPS) is 11.7. The molecule has 132 valence electrons. The van der Waals surface area contributed by atoms with Crippen LogP contribution >= 0.6 is 0 Å². The molecule has 1 aromatic carbocycles. The lowest BCUT2D eigenvalue weighted by atomic mass is 10.00. The van der Waals surface area contributed by atoms with Gasteiger partial charge in [-0.25, -0.2) is 4.98 Å². The van der Waals surface area contributed by atoms with Crippen molar-refractivity contribution in [1.82, 2.24) is 4.98 Å². The van der Waals surface area contributed by atoms with Crippen LogP contribution in [0.5, 0.6) is 5.75 Å². The lowest BCUT2D eigenvalue weighted by Crippen LogP contribution is -2.09. The smallest absolute Gasteiger partial charge is 0.314 e. The minimum atomic E-state index is -0.967. The quantitative estimate of drug-likeness (QED) is 0.607. The second-order valence-electron chi connectivity index (χ2n) is 5.68. The first-order valence-electron chi connectivity index (χ1n) is 7.55. The van der Waals surface area contributed by atoms with Gasteiger partial charge >= 0.3 is 11.7 Å². The highest BCUT2D eigenvalue weighted by Gasteiger charge is 2.22. The first-order chi connectivity index (χ1) is 11.7. The molecule has 0 bridgehead atoms. The van der Waals surface area contributed by atoms with E-state index in [2.05, 4.69) is 10.3 Å². The summed E-state index contributed by atoms with van der Waals surface area (Å²) in [5.41, 5.74) is 2.08. The number of anilines is 2. The van der Waals surface area contributed by atoms with Gasteiger partial charge in [0.05, 0.1) is 18.0 Å². The van der Waals surface area contributed by atoms with Crippen LogP contribution in [-0.2, 0) is 4.79 Å². The molecule has 0 aliphatic rings. The number of hydrogen-bond donors (Lipinski definition) is 2. The Morgan fingerprint density at radius 2 is 2.04 bits per heavy atom. The van der Waals surface area contributed by atoms with Crippen LogP contribution in [0, 0.1) is 24.0 Å². The molecule has 0 fully saturated rings. The molecule has 0 radical (unpaired) electrons. The van der Waals surface area contributed by atoms with Crippen LogP contribution in [-0.4, -0.2) is 28.1 Å². The van der Waals surface area contributed by atoms with Crippen LogP contribution in [0.25, 0.3) is 0 Å². The summed E-state index contributed by atoms with van der Waals surface area (Å²) < 4.78 is 5.26. The van der Waals surface area contributed by atoms with Gasteiger partial charge in [-0.05, 0) is 32.9 Å². The van der Waals surface area contributed by atoms with E-state index in [0.717, 1.165) is 0 Å². The number of aryl methyl sites for hydroxylation is 2. The number of pyridine rings is 1. The molecular weight excluding hydrogens is 326 g/mol. The van der Waals surface area contributed by atoms with Crippen LogP contribution < -0.4 is 10.1 Å². The number of benzene rings is 1. The number of hydrogen-bond acceptors (Lipinski definition) is 6. The van der Waals surface area contributed by atoms with Crippen molar-refractivity contribution < 1.29 is 19.6 Å². The van der Waals surface area contributed by atoms with Crippen molar-refractivity contribution in [2.75, 3.05) is 12.4 Å². The molecule has 1 unspecified atom stereocenters. The largest absolute Gasteiger partial charge is 0.496 e. The van der Waals surface area contributed by atoms with Gasteiger partial charge in [0.2, 0.25) is 5.82 Å². The number of rotatable bonds is 6. The van der Waals surface area contributed by atoms with E-state index < -0.39 is 16.8 Å². The Bertz CT molecular complexity index is 835. The number of carboxylic acids is 1. The molecule has 0 aliphatic heterocycles. The standard InChI is InChI=1S/C17H19N3O5/c1-9-7-10(2)18-16(15(9)20(23)24)19-12-5-6-13(11(3)17(21)22)14(8-12)25-4/h5-8,11H,1-4H3,(H,18,19)(H,21,22). The molecule has 25 heavy (non-hydrogen) atoms. The zero-order valence-electron chi connectivity index (χ0n) is 14.4. The summed E-state index contributed by atoms with van der Waals surface area (Å²) in [5, 5.41) is 23.4. The zero-order chi connectivity index (χ0) is 18.7. The van der Waals surface area contributed by atoms with Gasteiger partial charge < -0.3 is 15.2 Å². The third-order valence-electron chi connectivity index (χ3n) is 3.83. The minimum absolute atomic E-state index is 0.104. The highest BCUT2D eigenvalue weighted by molar-refractivity contribution is 5.78. The van der Waals surface area contributed by atoms with Gasteiger partial charge in [-0.15, -0.1) is 0 Å². The monoisotopic (exact) mass is 345 g/mol. The Hall–Kier alpha value is -3.16. The van der Waals surface area contributed by atoms with Crippen molar-refractivity contribution in [3.05, 3.63) is 51.2 Å². The summed E-state index contributed by atoms with van der Waals surface area (Å²) in [6, 6.07) is 6.49. The Balaban J connectivity index is 2.45. The van der Waals surface area contributed by atoms with Crippen molar-refractivity contribution in [2.24, 2.45) is 0 Å². The van der Waals surface area contributed by atoms with Gasteiger partial charge in [-0.3, -0.25) is 14.9 Å². The molecule has 0 aliphatic carbocycles. The number of nitrogens with zero attached hydrogens (tertiary/aromatic N) is 2. The fourth-order valence-electron chi connectivity index (χ4n) is 2.56. The van der Waals surface area contributed by atoms with E-state index in [1.54, 1.807) is 45.0 Å². The second-order valence-corrected chi connectivity index (χ2v) is 5.68. The summed E-state index contributed by atoms with van der Waals surface area (Å²) >= 11 is 0. The molecule has 2 aromatic rings. The first-order valence-corrected chi connectivity index (χ1v) is 7.55. The average Bonchev–Trinajstić information content (AvgIpc) is 2.52. The maximum atomic E-state index is 11.3. The fourth-order valence-corrected chi connectivity index (χ4v) is 2.56. The predicted octanol–water partition coefficient (Wildman–Crippen LogP) is 3.55. The van der Waals surface area contributed by atoms with E-state index in [-0.39, 0.29) is 11.5 Å². The number of ether oxygens (including phenoxy) is 1. The van der Waals surface area contributed by atoms with Gasteiger partial charge in [-0.2, -0.15) is 0 Å². The van der Waals surface area contributed by atoms with Gasteiger partial charge in [0.1, 0.15) is 5.75 Å². The molecule has 0 saturated carbocycles. The zero-order valence-corrected chi connectivity index (χ0v) is 14.4. The van der Waals surface area contributed by atoms with Crippen LogP contribution in [0.3, 0.4) is 0 Å². The molecule has 0 saturated heterocycles. The minimum Gasteiger partial charge on any atom is -0.496 e. The van der Waals surface area contributed by atoms with E-state index >= 15 is 0 Å². The highest BCUT2D eigenvalue weighted by atomic mass is 16.6. The van der Waals surface area contributed by atoms with Gasteiger partial charge in [0.15, 0.2) is 0 Å². The van der Waals surface area contributed by atoms with E-state index in [1.807, 2.05) is 0 Å². The number of carbonyl (C=O) groups is 1. The number of aliphatic carboxylic acids is 1. The topological polar surface area (TPSA) is 115 Å². The van der Waals surface area contributed by atoms with E-state index in [9.17, 15) is 14.9 Å². The van der Waals surface area contributed by atoms with Crippen LogP contribution in [0.4, 0.5) is 17.2 Å². The molecule has 1 atom stereocenters. The molecule has 1 heterocycles.